The van der Waals surface area contributed by atoms with E-state index in [9.17, 15) is 13.2 Å². The second kappa shape index (κ2) is 5.87. The number of nitrogens with one attached hydrogen (secondary N) is 1. The molecule has 0 saturated carbocycles. The normalized spacial score (nSPS) is 11.4. The molecule has 94 valence electrons. The highest BCUT2D eigenvalue weighted by Crippen LogP contribution is 2.29. The zero-order valence-electron chi connectivity index (χ0n) is 9.93. The van der Waals surface area contributed by atoms with Crippen LogP contribution in [0.1, 0.15) is 25.0 Å². The maximum atomic E-state index is 12.4. The third kappa shape index (κ3) is 5.04. The Labute approximate surface area is 99.3 Å². The Balaban J connectivity index is 2.58. The molecule has 1 aromatic rings. The Hall–Kier alpha value is -1.29. The lowest BCUT2D eigenvalue weighted by molar-refractivity contribution is -0.137. The first-order valence-electron chi connectivity index (χ1n) is 5.40. The van der Waals surface area contributed by atoms with E-state index in [1.165, 1.54) is 17.7 Å². The monoisotopic (exact) mass is 243 g/mol. The summed E-state index contributed by atoms with van der Waals surface area (Å²) in [5.74, 6) is 0. The van der Waals surface area contributed by atoms with Crippen LogP contribution in [0.5, 0.6) is 0 Å². The summed E-state index contributed by atoms with van der Waals surface area (Å²) in [7, 11) is 0. The van der Waals surface area contributed by atoms with Gasteiger partial charge in [-0.15, -0.1) is 0 Å². The quantitative estimate of drug-likeness (QED) is 0.627. The SMILES string of the molecule is CC(C)=CCNCc1cccc(C(F)(F)F)c1. The molecule has 0 fully saturated rings. The van der Waals surface area contributed by atoms with E-state index in [0.29, 0.717) is 18.7 Å². The first kappa shape index (κ1) is 13.8. The van der Waals surface area contributed by atoms with E-state index >= 15 is 0 Å². The zero-order chi connectivity index (χ0) is 12.9. The maximum absolute atomic E-state index is 12.4. The summed E-state index contributed by atoms with van der Waals surface area (Å²) in [4.78, 5) is 0. The van der Waals surface area contributed by atoms with E-state index in [1.54, 1.807) is 6.07 Å². The molecule has 1 nitrogen and oxygen atoms in total. The molecule has 0 amide bonds. The average Bonchev–Trinajstić information content (AvgIpc) is 2.23. The summed E-state index contributed by atoms with van der Waals surface area (Å²) in [5, 5.41) is 3.07. The van der Waals surface area contributed by atoms with Crippen LogP contribution in [0.25, 0.3) is 0 Å². The number of rotatable bonds is 4. The van der Waals surface area contributed by atoms with Gasteiger partial charge in [-0.1, -0.05) is 29.8 Å². The van der Waals surface area contributed by atoms with Gasteiger partial charge in [0.05, 0.1) is 5.56 Å². The Morgan fingerprint density at radius 2 is 2.00 bits per heavy atom. The van der Waals surface area contributed by atoms with Crippen LogP contribution < -0.4 is 5.32 Å². The fraction of sp³-hybridized carbons (Fsp3) is 0.385. The van der Waals surface area contributed by atoms with Gasteiger partial charge in [-0.25, -0.2) is 0 Å². The number of allylic oxidation sites excluding steroid dienone is 1. The molecule has 0 bridgehead atoms. The minimum atomic E-state index is -4.27. The van der Waals surface area contributed by atoms with E-state index in [4.69, 9.17) is 0 Å². The van der Waals surface area contributed by atoms with Crippen molar-refractivity contribution in [1.82, 2.24) is 5.32 Å². The van der Waals surface area contributed by atoms with Gasteiger partial charge in [0.1, 0.15) is 0 Å². The fourth-order valence-electron chi connectivity index (χ4n) is 1.35. The van der Waals surface area contributed by atoms with Crippen molar-refractivity contribution < 1.29 is 13.2 Å². The Morgan fingerprint density at radius 1 is 1.29 bits per heavy atom. The molecule has 0 saturated heterocycles. The van der Waals surface area contributed by atoms with Crippen molar-refractivity contribution in [3.05, 3.63) is 47.0 Å². The molecule has 1 N–H and O–H groups in total. The average molecular weight is 243 g/mol. The molecular weight excluding hydrogens is 227 g/mol. The van der Waals surface area contributed by atoms with Crippen molar-refractivity contribution in [2.24, 2.45) is 0 Å². The molecule has 0 heterocycles. The summed E-state index contributed by atoms with van der Waals surface area (Å²) in [6.07, 6.45) is -2.27. The van der Waals surface area contributed by atoms with Gasteiger partial charge in [0.15, 0.2) is 0 Å². The first-order valence-corrected chi connectivity index (χ1v) is 5.40. The number of hydrogen-bond donors (Lipinski definition) is 1. The van der Waals surface area contributed by atoms with Crippen LogP contribution in [-0.4, -0.2) is 6.54 Å². The number of halogens is 3. The molecule has 1 aromatic carbocycles. The van der Waals surface area contributed by atoms with Crippen molar-refractivity contribution >= 4 is 0 Å². The van der Waals surface area contributed by atoms with Gasteiger partial charge in [-0.2, -0.15) is 13.2 Å². The molecule has 0 unspecified atom stereocenters. The molecule has 0 spiro atoms. The highest BCUT2D eigenvalue weighted by molar-refractivity contribution is 5.25. The molecule has 17 heavy (non-hydrogen) atoms. The summed E-state index contributed by atoms with van der Waals surface area (Å²) >= 11 is 0. The van der Waals surface area contributed by atoms with Crippen molar-refractivity contribution in [2.75, 3.05) is 6.54 Å². The third-order valence-electron chi connectivity index (χ3n) is 2.24. The van der Waals surface area contributed by atoms with Crippen LogP contribution >= 0.6 is 0 Å². The van der Waals surface area contributed by atoms with E-state index in [0.717, 1.165) is 6.07 Å². The van der Waals surface area contributed by atoms with Gasteiger partial charge < -0.3 is 5.32 Å². The van der Waals surface area contributed by atoms with Gasteiger partial charge in [0.2, 0.25) is 0 Å². The van der Waals surface area contributed by atoms with Crippen molar-refractivity contribution in [1.29, 1.82) is 0 Å². The van der Waals surface area contributed by atoms with Gasteiger partial charge in [-0.05, 0) is 25.5 Å². The molecule has 0 aliphatic carbocycles. The minimum absolute atomic E-state index is 0.438. The van der Waals surface area contributed by atoms with E-state index in [1.807, 2.05) is 19.9 Å². The predicted octanol–water partition coefficient (Wildman–Crippen LogP) is 3.76. The van der Waals surface area contributed by atoms with Crippen LogP contribution in [-0.2, 0) is 12.7 Å². The lowest BCUT2D eigenvalue weighted by atomic mass is 10.1. The van der Waals surface area contributed by atoms with Crippen molar-refractivity contribution in [3.8, 4) is 0 Å². The molecule has 1 rings (SSSR count). The molecule has 4 heteroatoms. The second-order valence-electron chi connectivity index (χ2n) is 4.11. The van der Waals surface area contributed by atoms with Gasteiger partial charge >= 0.3 is 6.18 Å². The largest absolute Gasteiger partial charge is 0.416 e. The van der Waals surface area contributed by atoms with Crippen LogP contribution in [0.3, 0.4) is 0 Å². The number of hydrogen-bond acceptors (Lipinski definition) is 1. The lowest BCUT2D eigenvalue weighted by Crippen LogP contribution is -2.14. The zero-order valence-corrected chi connectivity index (χ0v) is 9.93. The minimum Gasteiger partial charge on any atom is -0.309 e. The van der Waals surface area contributed by atoms with Gasteiger partial charge in [-0.3, -0.25) is 0 Å². The van der Waals surface area contributed by atoms with Crippen LogP contribution in [0.15, 0.2) is 35.9 Å². The molecule has 0 aliphatic rings. The summed E-state index contributed by atoms with van der Waals surface area (Å²) in [5.41, 5.74) is 1.22. The summed E-state index contributed by atoms with van der Waals surface area (Å²) in [6.45, 7) is 5.06. The maximum Gasteiger partial charge on any atom is 0.416 e. The number of benzene rings is 1. The molecule has 0 aliphatic heterocycles. The third-order valence-corrected chi connectivity index (χ3v) is 2.24. The highest BCUT2D eigenvalue weighted by Gasteiger charge is 2.30. The number of alkyl halides is 3. The van der Waals surface area contributed by atoms with Crippen LogP contribution in [0, 0.1) is 0 Å². The molecule has 0 radical (unpaired) electrons. The van der Waals surface area contributed by atoms with E-state index in [2.05, 4.69) is 5.32 Å². The van der Waals surface area contributed by atoms with Crippen LogP contribution in [0.4, 0.5) is 13.2 Å². The van der Waals surface area contributed by atoms with Crippen molar-refractivity contribution in [3.63, 3.8) is 0 Å². The summed E-state index contributed by atoms with van der Waals surface area (Å²) < 4.78 is 37.3. The predicted molar refractivity (Wildman–Crippen MR) is 62.6 cm³/mol. The van der Waals surface area contributed by atoms with Gasteiger partial charge in [0.25, 0.3) is 0 Å². The molecular formula is C13H16F3N. The highest BCUT2D eigenvalue weighted by atomic mass is 19.4. The standard InChI is InChI=1S/C13H16F3N/c1-10(2)6-7-17-9-11-4-3-5-12(8-11)13(14,15)16/h3-6,8,17H,7,9H2,1-2H3. The van der Waals surface area contributed by atoms with Crippen LogP contribution in [0.2, 0.25) is 0 Å². The Kier molecular flexibility index (Phi) is 4.75. The lowest BCUT2D eigenvalue weighted by Gasteiger charge is -2.08. The van der Waals surface area contributed by atoms with E-state index in [-0.39, 0.29) is 0 Å². The van der Waals surface area contributed by atoms with Gasteiger partial charge in [0, 0.05) is 13.1 Å². The molecule has 0 aromatic heterocycles. The molecule has 0 atom stereocenters. The van der Waals surface area contributed by atoms with Crippen molar-refractivity contribution in [2.45, 2.75) is 26.6 Å². The Bertz CT molecular complexity index is 390. The fourth-order valence-corrected chi connectivity index (χ4v) is 1.35. The topological polar surface area (TPSA) is 12.0 Å². The first-order chi connectivity index (χ1) is 7.89. The van der Waals surface area contributed by atoms with E-state index < -0.39 is 11.7 Å². The second-order valence-corrected chi connectivity index (χ2v) is 4.11. The smallest absolute Gasteiger partial charge is 0.309 e. The Morgan fingerprint density at radius 3 is 2.59 bits per heavy atom. The summed E-state index contributed by atoms with van der Waals surface area (Å²) in [6, 6.07) is 5.38.